The lowest BCUT2D eigenvalue weighted by Gasteiger charge is -2.35. The van der Waals surface area contributed by atoms with E-state index in [2.05, 4.69) is 278 Å². The van der Waals surface area contributed by atoms with Gasteiger partial charge in [0.25, 0.3) is 0 Å². The Bertz CT molecular complexity index is 4130. The van der Waals surface area contributed by atoms with E-state index in [-0.39, 0.29) is 0 Å². The number of hydrogen-bond acceptors (Lipinski definition) is 2. The molecular formula is C69H45NS. The van der Waals surface area contributed by atoms with Crippen LogP contribution in [0.15, 0.2) is 273 Å². The van der Waals surface area contributed by atoms with E-state index in [0.29, 0.717) is 0 Å². The fraction of sp³-hybridized carbons (Fsp3) is 0.0145. The van der Waals surface area contributed by atoms with E-state index in [0.717, 1.165) is 17.1 Å². The molecule has 13 aromatic rings. The summed E-state index contributed by atoms with van der Waals surface area (Å²) in [5.74, 6) is 0. The zero-order valence-electron chi connectivity index (χ0n) is 38.8. The van der Waals surface area contributed by atoms with E-state index in [1.165, 1.54) is 108 Å². The van der Waals surface area contributed by atoms with E-state index >= 15 is 0 Å². The summed E-state index contributed by atoms with van der Waals surface area (Å²) in [4.78, 5) is 2.51. The Kier molecular flexibility index (Phi) is 9.69. The van der Waals surface area contributed by atoms with Gasteiger partial charge in [0.15, 0.2) is 0 Å². The topological polar surface area (TPSA) is 3.24 Å². The van der Waals surface area contributed by atoms with Gasteiger partial charge in [-0.1, -0.05) is 231 Å². The van der Waals surface area contributed by atoms with Crippen LogP contribution in [0.1, 0.15) is 22.3 Å². The second-order valence-corrected chi connectivity index (χ2v) is 19.8. The fourth-order valence-corrected chi connectivity index (χ4v) is 13.0. The molecule has 0 amide bonds. The van der Waals surface area contributed by atoms with Gasteiger partial charge in [-0.2, -0.15) is 0 Å². The maximum atomic E-state index is 2.51. The molecule has 332 valence electrons. The summed E-state index contributed by atoms with van der Waals surface area (Å²) in [6.07, 6.45) is 0. The molecule has 0 aliphatic heterocycles. The van der Waals surface area contributed by atoms with Crippen LogP contribution in [-0.4, -0.2) is 0 Å². The summed E-state index contributed by atoms with van der Waals surface area (Å²) in [5.41, 5.74) is 17.5. The Morgan fingerprint density at radius 1 is 0.296 bits per heavy atom. The largest absolute Gasteiger partial charge is 0.310 e. The van der Waals surface area contributed by atoms with E-state index < -0.39 is 5.41 Å². The number of thiophene rings is 1. The van der Waals surface area contributed by atoms with Gasteiger partial charge in [-0.15, -0.1) is 11.3 Å². The lowest BCUT2D eigenvalue weighted by atomic mass is 9.67. The minimum atomic E-state index is -0.561. The molecule has 1 aliphatic rings. The highest BCUT2D eigenvalue weighted by molar-refractivity contribution is 7.25. The average Bonchev–Trinajstić information content (AvgIpc) is 3.97. The highest BCUT2D eigenvalue weighted by Gasteiger charge is 2.46. The molecule has 71 heavy (non-hydrogen) atoms. The Balaban J connectivity index is 1.05. The standard InChI is InChI=1S/C69H45NS/c1-2-22-50(23-3-1)69(63-34-11-8-28-58(63)59-29-9-12-35-64(59)69)51-24-16-25-53(45-51)70(52-41-38-48(39-42-52)55-31-14-20-46-18-4-6-26-54(46)55)65-36-17-33-62(57-32-15-21-47-19-5-7-27-56(47)57)68(65)49-40-43-61-60-30-10-13-37-66(60)71-67(61)44-49/h1-45H. The Labute approximate surface area is 417 Å². The van der Waals surface area contributed by atoms with Crippen molar-refractivity contribution in [2.45, 2.75) is 5.41 Å². The maximum absolute atomic E-state index is 2.51. The van der Waals surface area contributed by atoms with Crippen molar-refractivity contribution in [2.75, 3.05) is 4.90 Å². The van der Waals surface area contributed by atoms with Gasteiger partial charge in [-0.05, 0) is 125 Å². The first-order valence-corrected chi connectivity index (χ1v) is 25.3. The molecule has 0 saturated heterocycles. The fourth-order valence-electron chi connectivity index (χ4n) is 11.9. The highest BCUT2D eigenvalue weighted by atomic mass is 32.1. The minimum absolute atomic E-state index is 0.561. The molecule has 14 rings (SSSR count). The molecule has 1 nitrogen and oxygen atoms in total. The molecule has 12 aromatic carbocycles. The maximum Gasteiger partial charge on any atom is 0.0714 e. The van der Waals surface area contributed by atoms with Crippen LogP contribution < -0.4 is 4.90 Å². The second-order valence-electron chi connectivity index (χ2n) is 18.7. The molecule has 0 spiro atoms. The zero-order valence-corrected chi connectivity index (χ0v) is 39.7. The number of anilines is 3. The van der Waals surface area contributed by atoms with E-state index in [1.54, 1.807) is 0 Å². The molecule has 1 heterocycles. The summed E-state index contributed by atoms with van der Waals surface area (Å²) in [7, 11) is 0. The Morgan fingerprint density at radius 3 is 1.56 bits per heavy atom. The molecule has 1 aromatic heterocycles. The third-order valence-electron chi connectivity index (χ3n) is 15.0. The smallest absolute Gasteiger partial charge is 0.0714 e. The van der Waals surface area contributed by atoms with Crippen molar-refractivity contribution >= 4 is 70.1 Å². The molecule has 0 unspecified atom stereocenters. The Morgan fingerprint density at radius 2 is 0.817 bits per heavy atom. The van der Waals surface area contributed by atoms with Gasteiger partial charge in [0.2, 0.25) is 0 Å². The van der Waals surface area contributed by atoms with Crippen LogP contribution >= 0.6 is 11.3 Å². The molecule has 0 N–H and O–H groups in total. The van der Waals surface area contributed by atoms with Crippen LogP contribution in [0, 0.1) is 0 Å². The highest BCUT2D eigenvalue weighted by Crippen LogP contribution is 2.57. The third kappa shape index (κ3) is 6.53. The predicted molar refractivity (Wildman–Crippen MR) is 303 cm³/mol. The van der Waals surface area contributed by atoms with Crippen LogP contribution in [0.4, 0.5) is 17.1 Å². The number of rotatable bonds is 8. The van der Waals surface area contributed by atoms with Crippen molar-refractivity contribution in [3.05, 3.63) is 295 Å². The summed E-state index contributed by atoms with van der Waals surface area (Å²) in [6.45, 7) is 0. The minimum Gasteiger partial charge on any atom is -0.310 e. The zero-order chi connectivity index (χ0) is 46.9. The summed E-state index contributed by atoms with van der Waals surface area (Å²) >= 11 is 1.87. The first kappa shape index (κ1) is 41.2. The molecule has 0 atom stereocenters. The van der Waals surface area contributed by atoms with Gasteiger partial charge in [-0.25, -0.2) is 0 Å². The van der Waals surface area contributed by atoms with Gasteiger partial charge < -0.3 is 4.90 Å². The van der Waals surface area contributed by atoms with Crippen molar-refractivity contribution in [1.29, 1.82) is 0 Å². The number of fused-ring (bicyclic) bond motifs is 8. The van der Waals surface area contributed by atoms with Crippen LogP contribution in [0.5, 0.6) is 0 Å². The first-order chi connectivity index (χ1) is 35.2. The summed E-state index contributed by atoms with van der Waals surface area (Å²) in [5, 5.41) is 7.52. The molecule has 0 bridgehead atoms. The third-order valence-corrected chi connectivity index (χ3v) is 16.1. The van der Waals surface area contributed by atoms with Crippen LogP contribution in [0.3, 0.4) is 0 Å². The summed E-state index contributed by atoms with van der Waals surface area (Å²) in [6, 6.07) is 101. The Hall–Kier alpha value is -8.82. The normalized spacial score (nSPS) is 12.6. The predicted octanol–water partition coefficient (Wildman–Crippen LogP) is 19.2. The average molecular weight is 920 g/mol. The quantitative estimate of drug-likeness (QED) is 0.147. The lowest BCUT2D eigenvalue weighted by Crippen LogP contribution is -2.28. The van der Waals surface area contributed by atoms with Crippen LogP contribution in [0.2, 0.25) is 0 Å². The van der Waals surface area contributed by atoms with Gasteiger partial charge in [-0.3, -0.25) is 0 Å². The van der Waals surface area contributed by atoms with Gasteiger partial charge in [0.1, 0.15) is 0 Å². The number of benzene rings is 12. The van der Waals surface area contributed by atoms with Crippen molar-refractivity contribution in [3.8, 4) is 44.5 Å². The van der Waals surface area contributed by atoms with Gasteiger partial charge in [0.05, 0.1) is 11.1 Å². The van der Waals surface area contributed by atoms with Crippen molar-refractivity contribution in [1.82, 2.24) is 0 Å². The SMILES string of the molecule is c1ccc(C2(c3cccc(N(c4ccc(-c5cccc6ccccc56)cc4)c4cccc(-c5cccc6ccccc56)c4-c4ccc5c(c4)sc4ccccc45)c3)c3ccccc3-c3ccccc32)cc1. The lowest BCUT2D eigenvalue weighted by molar-refractivity contribution is 0.768. The number of hydrogen-bond donors (Lipinski definition) is 0. The molecule has 0 radical (unpaired) electrons. The molecule has 2 heteroatoms. The second kappa shape index (κ2) is 16.7. The number of nitrogens with zero attached hydrogens (tertiary/aromatic N) is 1. The van der Waals surface area contributed by atoms with Crippen molar-refractivity contribution in [2.24, 2.45) is 0 Å². The molecular weight excluding hydrogens is 875 g/mol. The van der Waals surface area contributed by atoms with E-state index in [1.807, 2.05) is 11.3 Å². The van der Waals surface area contributed by atoms with Gasteiger partial charge >= 0.3 is 0 Å². The van der Waals surface area contributed by atoms with Crippen LogP contribution in [0.25, 0.3) is 86.2 Å². The van der Waals surface area contributed by atoms with Crippen LogP contribution in [-0.2, 0) is 5.41 Å². The summed E-state index contributed by atoms with van der Waals surface area (Å²) < 4.78 is 2.58. The molecule has 1 aliphatic carbocycles. The van der Waals surface area contributed by atoms with Crippen molar-refractivity contribution in [3.63, 3.8) is 0 Å². The van der Waals surface area contributed by atoms with E-state index in [9.17, 15) is 0 Å². The molecule has 0 saturated carbocycles. The van der Waals surface area contributed by atoms with Crippen molar-refractivity contribution < 1.29 is 0 Å². The van der Waals surface area contributed by atoms with E-state index in [4.69, 9.17) is 0 Å². The van der Waals surface area contributed by atoms with Gasteiger partial charge in [0, 0.05) is 37.1 Å². The monoisotopic (exact) mass is 919 g/mol. The molecule has 0 fully saturated rings. The first-order valence-electron chi connectivity index (χ1n) is 24.5.